The van der Waals surface area contributed by atoms with E-state index >= 15 is 0 Å². The van der Waals surface area contributed by atoms with Crippen molar-refractivity contribution in [2.45, 2.75) is 19.9 Å². The van der Waals surface area contributed by atoms with E-state index in [9.17, 15) is 0 Å². The summed E-state index contributed by atoms with van der Waals surface area (Å²) in [5.74, 6) is 2.30. The van der Waals surface area contributed by atoms with E-state index in [1.54, 1.807) is 14.2 Å². The molecule has 0 saturated heterocycles. The number of ether oxygens (including phenoxy) is 2. The first kappa shape index (κ1) is 24.5. The molecular formula is C23H30IN5O2. The largest absolute Gasteiger partial charge is 0.497 e. The van der Waals surface area contributed by atoms with Gasteiger partial charge in [0.2, 0.25) is 0 Å². The minimum Gasteiger partial charge on any atom is -0.497 e. The van der Waals surface area contributed by atoms with Crippen LogP contribution in [0.1, 0.15) is 18.1 Å². The average Bonchev–Trinajstić information content (AvgIpc) is 3.27. The number of nitrogens with zero attached hydrogens (tertiary/aromatic N) is 3. The van der Waals surface area contributed by atoms with Crippen molar-refractivity contribution in [3.05, 3.63) is 72.1 Å². The molecule has 166 valence electrons. The summed E-state index contributed by atoms with van der Waals surface area (Å²) in [6.07, 6.45) is 4.81. The second kappa shape index (κ2) is 12.8. The summed E-state index contributed by atoms with van der Waals surface area (Å²) < 4.78 is 12.6. The molecule has 3 rings (SSSR count). The maximum atomic E-state index is 5.46. The third-order valence-corrected chi connectivity index (χ3v) is 4.61. The molecule has 0 aliphatic carbocycles. The van der Waals surface area contributed by atoms with E-state index in [1.165, 1.54) is 5.56 Å². The van der Waals surface area contributed by atoms with Crippen molar-refractivity contribution in [3.63, 3.8) is 0 Å². The van der Waals surface area contributed by atoms with Crippen molar-refractivity contribution >= 4 is 29.9 Å². The third kappa shape index (κ3) is 7.16. The molecule has 0 amide bonds. The van der Waals surface area contributed by atoms with E-state index in [1.807, 2.05) is 59.4 Å². The molecule has 8 heteroatoms. The van der Waals surface area contributed by atoms with Crippen LogP contribution < -0.4 is 20.1 Å². The summed E-state index contributed by atoms with van der Waals surface area (Å²) in [5.41, 5.74) is 3.22. The van der Waals surface area contributed by atoms with Crippen LogP contribution in [0.2, 0.25) is 0 Å². The number of benzene rings is 2. The highest BCUT2D eigenvalue weighted by Crippen LogP contribution is 2.25. The zero-order chi connectivity index (χ0) is 21.2. The summed E-state index contributed by atoms with van der Waals surface area (Å²) in [4.78, 5) is 4.68. The van der Waals surface area contributed by atoms with Crippen LogP contribution in [0.15, 0.2) is 65.9 Å². The van der Waals surface area contributed by atoms with Gasteiger partial charge >= 0.3 is 0 Å². The Labute approximate surface area is 200 Å². The minimum absolute atomic E-state index is 0. The van der Waals surface area contributed by atoms with Gasteiger partial charge in [-0.15, -0.1) is 24.0 Å². The second-order valence-electron chi connectivity index (χ2n) is 6.68. The molecule has 0 aliphatic rings. The number of nitrogens with one attached hydrogen (secondary N) is 2. The number of para-hydroxylation sites is 1. The molecule has 1 heterocycles. The van der Waals surface area contributed by atoms with Crippen LogP contribution in [-0.4, -0.2) is 43.0 Å². The number of halogens is 1. The monoisotopic (exact) mass is 535 g/mol. The molecule has 7 nitrogen and oxygen atoms in total. The Kier molecular flexibility index (Phi) is 10.2. The molecule has 0 bridgehead atoms. The standard InChI is InChI=1S/C23H29N5O2.HI/c1-4-24-23(26-16-19-10-11-21(29-2)14-22(19)30-3)25-13-12-18-15-27-28(17-18)20-8-6-5-7-9-20;/h5-11,14-15,17H,4,12-13,16H2,1-3H3,(H2,24,25,26);1H. The zero-order valence-electron chi connectivity index (χ0n) is 18.2. The SMILES string of the molecule is CCNC(=NCc1ccc(OC)cc1OC)NCCc1cnn(-c2ccccc2)c1.I. The molecule has 0 spiro atoms. The number of rotatable bonds is 9. The number of aromatic nitrogens is 2. The predicted molar refractivity (Wildman–Crippen MR) is 135 cm³/mol. The highest BCUT2D eigenvalue weighted by molar-refractivity contribution is 14.0. The summed E-state index contributed by atoms with van der Waals surface area (Å²) in [6.45, 7) is 4.10. The maximum Gasteiger partial charge on any atom is 0.191 e. The van der Waals surface area contributed by atoms with E-state index in [2.05, 4.69) is 33.8 Å². The number of hydrogen-bond donors (Lipinski definition) is 2. The number of guanidine groups is 1. The Balaban J connectivity index is 0.00000341. The van der Waals surface area contributed by atoms with Gasteiger partial charge in [-0.25, -0.2) is 9.67 Å². The minimum atomic E-state index is 0. The average molecular weight is 535 g/mol. The molecule has 0 unspecified atom stereocenters. The van der Waals surface area contributed by atoms with Crippen LogP contribution in [0.5, 0.6) is 11.5 Å². The summed E-state index contributed by atoms with van der Waals surface area (Å²) in [5, 5.41) is 11.1. The Bertz CT molecular complexity index is 960. The zero-order valence-corrected chi connectivity index (χ0v) is 20.5. The van der Waals surface area contributed by atoms with Crippen molar-refractivity contribution in [2.24, 2.45) is 4.99 Å². The molecule has 0 aliphatic heterocycles. The van der Waals surface area contributed by atoms with Gasteiger partial charge in [0.15, 0.2) is 5.96 Å². The normalized spacial score (nSPS) is 10.9. The van der Waals surface area contributed by atoms with Crippen molar-refractivity contribution in [3.8, 4) is 17.2 Å². The molecule has 0 saturated carbocycles. The topological polar surface area (TPSA) is 72.7 Å². The lowest BCUT2D eigenvalue weighted by Crippen LogP contribution is -2.38. The summed E-state index contributed by atoms with van der Waals surface area (Å²) in [7, 11) is 3.30. The van der Waals surface area contributed by atoms with Gasteiger partial charge in [0, 0.05) is 30.9 Å². The molecule has 2 aromatic carbocycles. The molecule has 0 fully saturated rings. The fourth-order valence-corrected chi connectivity index (χ4v) is 3.02. The molecule has 0 radical (unpaired) electrons. The highest BCUT2D eigenvalue weighted by Gasteiger charge is 2.06. The predicted octanol–water partition coefficient (Wildman–Crippen LogP) is 3.81. The van der Waals surface area contributed by atoms with Crippen LogP contribution >= 0.6 is 24.0 Å². The van der Waals surface area contributed by atoms with Crippen LogP contribution in [0.3, 0.4) is 0 Å². The van der Waals surface area contributed by atoms with Crippen LogP contribution in [0, 0.1) is 0 Å². The van der Waals surface area contributed by atoms with Gasteiger partial charge in [-0.05, 0) is 43.2 Å². The van der Waals surface area contributed by atoms with E-state index < -0.39 is 0 Å². The van der Waals surface area contributed by atoms with E-state index in [0.717, 1.165) is 48.2 Å². The fraction of sp³-hybridized carbons (Fsp3) is 0.304. The maximum absolute atomic E-state index is 5.46. The first-order valence-electron chi connectivity index (χ1n) is 10.1. The Morgan fingerprint density at radius 3 is 2.58 bits per heavy atom. The Morgan fingerprint density at radius 1 is 1.06 bits per heavy atom. The van der Waals surface area contributed by atoms with Gasteiger partial charge in [0.05, 0.1) is 32.6 Å². The van der Waals surface area contributed by atoms with Crippen molar-refractivity contribution in [2.75, 3.05) is 27.3 Å². The van der Waals surface area contributed by atoms with Gasteiger partial charge < -0.3 is 20.1 Å². The number of aliphatic imine (C=N–C) groups is 1. The van der Waals surface area contributed by atoms with Gasteiger partial charge in [0.1, 0.15) is 11.5 Å². The van der Waals surface area contributed by atoms with Crippen molar-refractivity contribution < 1.29 is 9.47 Å². The highest BCUT2D eigenvalue weighted by atomic mass is 127. The molecule has 0 atom stereocenters. The molecule has 1 aromatic heterocycles. The van der Waals surface area contributed by atoms with Gasteiger partial charge in [-0.2, -0.15) is 5.10 Å². The fourth-order valence-electron chi connectivity index (χ4n) is 3.02. The number of methoxy groups -OCH3 is 2. The lowest BCUT2D eigenvalue weighted by atomic mass is 10.2. The van der Waals surface area contributed by atoms with E-state index in [0.29, 0.717) is 6.54 Å². The molecule has 3 aromatic rings. The smallest absolute Gasteiger partial charge is 0.191 e. The second-order valence-corrected chi connectivity index (χ2v) is 6.68. The van der Waals surface area contributed by atoms with Crippen molar-refractivity contribution in [1.29, 1.82) is 0 Å². The lowest BCUT2D eigenvalue weighted by molar-refractivity contribution is 0.391. The summed E-state index contributed by atoms with van der Waals surface area (Å²) in [6, 6.07) is 15.9. The first-order chi connectivity index (χ1) is 14.7. The van der Waals surface area contributed by atoms with Gasteiger partial charge in [-0.3, -0.25) is 0 Å². The first-order valence-corrected chi connectivity index (χ1v) is 10.1. The Morgan fingerprint density at radius 2 is 1.87 bits per heavy atom. The van der Waals surface area contributed by atoms with Gasteiger partial charge in [0.25, 0.3) is 0 Å². The third-order valence-electron chi connectivity index (χ3n) is 4.61. The molecular weight excluding hydrogens is 505 g/mol. The molecule has 2 N–H and O–H groups in total. The van der Waals surface area contributed by atoms with Crippen LogP contribution in [-0.2, 0) is 13.0 Å². The van der Waals surface area contributed by atoms with Gasteiger partial charge in [-0.1, -0.05) is 18.2 Å². The van der Waals surface area contributed by atoms with E-state index in [4.69, 9.17) is 9.47 Å². The summed E-state index contributed by atoms with van der Waals surface area (Å²) >= 11 is 0. The number of hydrogen-bond acceptors (Lipinski definition) is 4. The van der Waals surface area contributed by atoms with E-state index in [-0.39, 0.29) is 24.0 Å². The molecule has 31 heavy (non-hydrogen) atoms. The van der Waals surface area contributed by atoms with Crippen molar-refractivity contribution in [1.82, 2.24) is 20.4 Å². The Hall–Kier alpha value is -2.75. The quantitative estimate of drug-likeness (QED) is 0.248. The van der Waals surface area contributed by atoms with Crippen LogP contribution in [0.25, 0.3) is 5.69 Å². The lowest BCUT2D eigenvalue weighted by Gasteiger charge is -2.12. The van der Waals surface area contributed by atoms with Crippen LogP contribution in [0.4, 0.5) is 0 Å².